The highest BCUT2D eigenvalue weighted by Crippen LogP contribution is 2.29. The van der Waals surface area contributed by atoms with Gasteiger partial charge in [-0.3, -0.25) is 0 Å². The summed E-state index contributed by atoms with van der Waals surface area (Å²) in [6.07, 6.45) is 5.87. The average Bonchev–Trinajstić information content (AvgIpc) is 3.52. The summed E-state index contributed by atoms with van der Waals surface area (Å²) in [4.78, 5) is 4.32. The van der Waals surface area contributed by atoms with Gasteiger partial charge in [0, 0.05) is 12.3 Å². The van der Waals surface area contributed by atoms with E-state index in [1.165, 1.54) is 18.4 Å². The van der Waals surface area contributed by atoms with Crippen LogP contribution in [0.15, 0.2) is 71.6 Å². The molecule has 2 aromatic carbocycles. The van der Waals surface area contributed by atoms with Gasteiger partial charge in [0.15, 0.2) is 0 Å². The van der Waals surface area contributed by atoms with Crippen LogP contribution in [0.3, 0.4) is 0 Å². The second-order valence-electron chi connectivity index (χ2n) is 7.68. The maximum absolute atomic E-state index is 12.7. The minimum absolute atomic E-state index is 0.121. The zero-order valence-corrected chi connectivity index (χ0v) is 18.4. The van der Waals surface area contributed by atoms with Gasteiger partial charge in [0.1, 0.15) is 24.3 Å². The standard InChI is InChI=1S/C25H23F3N4O2/c1-2-3-23(32-15-14-29-31-32)19-7-11-22(12-8-19)33-16-21-17-34-24(30-21)13-6-18-4-9-20(10-5-18)25(26,27)28/h4-15,17,23H,2-3,16H2,1H3/b13-6+. The molecule has 1 unspecified atom stereocenters. The van der Waals surface area contributed by atoms with Crippen molar-refractivity contribution < 1.29 is 22.3 Å². The zero-order chi connectivity index (χ0) is 24.0. The van der Waals surface area contributed by atoms with Crippen molar-refractivity contribution in [3.63, 3.8) is 0 Å². The Labute approximate surface area is 194 Å². The summed E-state index contributed by atoms with van der Waals surface area (Å²) in [6.45, 7) is 2.35. The number of hydrogen-bond acceptors (Lipinski definition) is 5. The molecule has 0 spiro atoms. The van der Waals surface area contributed by atoms with E-state index in [-0.39, 0.29) is 12.6 Å². The normalized spacial score (nSPS) is 12.8. The van der Waals surface area contributed by atoms with Crippen LogP contribution >= 0.6 is 0 Å². The monoisotopic (exact) mass is 468 g/mol. The van der Waals surface area contributed by atoms with Crippen LogP contribution in [0.25, 0.3) is 12.2 Å². The van der Waals surface area contributed by atoms with Crippen molar-refractivity contribution in [1.29, 1.82) is 0 Å². The Morgan fingerprint density at radius 3 is 2.47 bits per heavy atom. The highest BCUT2D eigenvalue weighted by atomic mass is 19.4. The van der Waals surface area contributed by atoms with Crippen molar-refractivity contribution in [1.82, 2.24) is 20.0 Å². The van der Waals surface area contributed by atoms with Gasteiger partial charge in [-0.15, -0.1) is 5.10 Å². The van der Waals surface area contributed by atoms with Crippen LogP contribution in [0, 0.1) is 0 Å². The minimum Gasteiger partial charge on any atom is -0.487 e. The van der Waals surface area contributed by atoms with E-state index in [2.05, 4.69) is 22.2 Å². The molecule has 6 nitrogen and oxygen atoms in total. The fraction of sp³-hybridized carbons (Fsp3) is 0.240. The molecule has 0 aliphatic carbocycles. The van der Waals surface area contributed by atoms with Gasteiger partial charge in [-0.05, 0) is 47.9 Å². The predicted octanol–water partition coefficient (Wildman–Crippen LogP) is 6.42. The molecule has 0 radical (unpaired) electrons. The first-order valence-corrected chi connectivity index (χ1v) is 10.8. The third-order valence-electron chi connectivity index (χ3n) is 5.20. The third kappa shape index (κ3) is 5.92. The summed E-state index contributed by atoms with van der Waals surface area (Å²) in [5.41, 5.74) is 1.64. The molecule has 4 rings (SSSR count). The van der Waals surface area contributed by atoms with Gasteiger partial charge < -0.3 is 9.15 Å². The second-order valence-corrected chi connectivity index (χ2v) is 7.68. The van der Waals surface area contributed by atoms with Crippen LogP contribution in [0.5, 0.6) is 5.75 Å². The van der Waals surface area contributed by atoms with Gasteiger partial charge in [0.25, 0.3) is 0 Å². The van der Waals surface area contributed by atoms with Crippen LogP contribution in [-0.4, -0.2) is 20.0 Å². The predicted molar refractivity (Wildman–Crippen MR) is 121 cm³/mol. The molecule has 34 heavy (non-hydrogen) atoms. The van der Waals surface area contributed by atoms with E-state index < -0.39 is 11.7 Å². The molecule has 2 aromatic heterocycles. The fourth-order valence-electron chi connectivity index (χ4n) is 3.47. The fourth-order valence-corrected chi connectivity index (χ4v) is 3.47. The zero-order valence-electron chi connectivity index (χ0n) is 18.4. The first kappa shape index (κ1) is 23.3. The molecular formula is C25H23F3N4O2. The Hall–Kier alpha value is -3.88. The van der Waals surface area contributed by atoms with Crippen molar-refractivity contribution in [2.24, 2.45) is 0 Å². The first-order chi connectivity index (χ1) is 16.4. The van der Waals surface area contributed by atoms with Gasteiger partial charge in [-0.25, -0.2) is 9.67 Å². The van der Waals surface area contributed by atoms with E-state index >= 15 is 0 Å². The Morgan fingerprint density at radius 2 is 1.82 bits per heavy atom. The molecule has 0 saturated heterocycles. The molecule has 0 amide bonds. The van der Waals surface area contributed by atoms with E-state index in [1.807, 2.05) is 35.1 Å². The Kier molecular flexibility index (Phi) is 7.10. The van der Waals surface area contributed by atoms with Crippen molar-refractivity contribution in [3.05, 3.63) is 95.5 Å². The van der Waals surface area contributed by atoms with Gasteiger partial charge in [-0.2, -0.15) is 13.2 Å². The topological polar surface area (TPSA) is 66.0 Å². The number of ether oxygens (including phenoxy) is 1. The second kappa shape index (κ2) is 10.4. The maximum atomic E-state index is 12.7. The van der Waals surface area contributed by atoms with E-state index in [1.54, 1.807) is 18.3 Å². The molecule has 1 atom stereocenters. The lowest BCUT2D eigenvalue weighted by Crippen LogP contribution is -2.11. The quantitative estimate of drug-likeness (QED) is 0.283. The lowest BCUT2D eigenvalue weighted by molar-refractivity contribution is -0.137. The highest BCUT2D eigenvalue weighted by molar-refractivity contribution is 5.66. The Bertz CT molecular complexity index is 1200. The van der Waals surface area contributed by atoms with Crippen molar-refractivity contribution in [3.8, 4) is 5.75 Å². The molecule has 0 aliphatic rings. The van der Waals surface area contributed by atoms with Crippen molar-refractivity contribution in [2.45, 2.75) is 38.6 Å². The third-order valence-corrected chi connectivity index (χ3v) is 5.20. The number of oxazole rings is 1. The molecule has 176 valence electrons. The first-order valence-electron chi connectivity index (χ1n) is 10.8. The maximum Gasteiger partial charge on any atom is 0.416 e. The Balaban J connectivity index is 1.33. The smallest absolute Gasteiger partial charge is 0.416 e. The lowest BCUT2D eigenvalue weighted by atomic mass is 10.0. The lowest BCUT2D eigenvalue weighted by Gasteiger charge is -2.17. The van der Waals surface area contributed by atoms with E-state index in [0.29, 0.717) is 22.9 Å². The molecule has 0 N–H and O–H groups in total. The van der Waals surface area contributed by atoms with Gasteiger partial charge in [0.05, 0.1) is 17.8 Å². The van der Waals surface area contributed by atoms with E-state index in [9.17, 15) is 13.2 Å². The summed E-state index contributed by atoms with van der Waals surface area (Å²) in [5, 5.41) is 8.03. The average molecular weight is 468 g/mol. The number of rotatable bonds is 9. The van der Waals surface area contributed by atoms with Gasteiger partial charge >= 0.3 is 6.18 Å². The van der Waals surface area contributed by atoms with E-state index in [0.717, 1.165) is 30.5 Å². The summed E-state index contributed by atoms with van der Waals surface area (Å²) in [5.74, 6) is 1.03. The van der Waals surface area contributed by atoms with Crippen LogP contribution in [-0.2, 0) is 12.8 Å². The molecule has 0 saturated carbocycles. The highest BCUT2D eigenvalue weighted by Gasteiger charge is 2.29. The number of halogens is 3. The molecular weight excluding hydrogens is 445 g/mol. The van der Waals surface area contributed by atoms with Crippen molar-refractivity contribution >= 4 is 12.2 Å². The summed E-state index contributed by atoms with van der Waals surface area (Å²) in [7, 11) is 0. The molecule has 0 aliphatic heterocycles. The van der Waals surface area contributed by atoms with Crippen LogP contribution in [0.4, 0.5) is 13.2 Å². The van der Waals surface area contributed by atoms with Crippen LogP contribution in [0.2, 0.25) is 0 Å². The summed E-state index contributed by atoms with van der Waals surface area (Å²) in [6, 6.07) is 12.8. The molecule has 9 heteroatoms. The van der Waals surface area contributed by atoms with E-state index in [4.69, 9.17) is 9.15 Å². The van der Waals surface area contributed by atoms with Gasteiger partial charge in [0.2, 0.25) is 5.89 Å². The van der Waals surface area contributed by atoms with Crippen LogP contribution in [0.1, 0.15) is 54.1 Å². The molecule has 0 bridgehead atoms. The summed E-state index contributed by atoms with van der Waals surface area (Å²) >= 11 is 0. The number of hydrogen-bond donors (Lipinski definition) is 0. The summed E-state index contributed by atoms with van der Waals surface area (Å²) < 4.78 is 51.0. The molecule has 4 aromatic rings. The largest absolute Gasteiger partial charge is 0.487 e. The number of alkyl halides is 3. The molecule has 0 fully saturated rings. The van der Waals surface area contributed by atoms with Crippen LogP contribution < -0.4 is 4.74 Å². The SMILES string of the molecule is CCCC(c1ccc(OCc2coc(/C=C/c3ccc(C(F)(F)F)cc3)n2)cc1)n1ccnn1. The molecule has 2 heterocycles. The number of aromatic nitrogens is 4. The number of benzene rings is 2. The van der Waals surface area contributed by atoms with Crippen molar-refractivity contribution in [2.75, 3.05) is 0 Å². The Morgan fingerprint density at radius 1 is 1.06 bits per heavy atom. The minimum atomic E-state index is -4.35. The van der Waals surface area contributed by atoms with Gasteiger partial charge in [-0.1, -0.05) is 42.8 Å². The number of nitrogens with zero attached hydrogens (tertiary/aromatic N) is 4.